The molecule has 0 aromatic carbocycles. The Kier molecular flexibility index (Phi) is 3.93. The highest BCUT2D eigenvalue weighted by Gasteiger charge is 2.22. The van der Waals surface area contributed by atoms with Crippen molar-refractivity contribution in [2.24, 2.45) is 5.84 Å². The monoisotopic (exact) mass is 315 g/mol. The first kappa shape index (κ1) is 12.7. The van der Waals surface area contributed by atoms with Crippen molar-refractivity contribution in [1.29, 1.82) is 0 Å². The predicted molar refractivity (Wildman–Crippen MR) is 71.6 cm³/mol. The number of halogens is 1. The molecule has 0 spiro atoms. The second-order valence-corrected chi connectivity index (χ2v) is 5.70. The third-order valence-corrected chi connectivity index (χ3v) is 4.09. The van der Waals surface area contributed by atoms with E-state index in [4.69, 9.17) is 5.84 Å². The van der Waals surface area contributed by atoms with Crippen LogP contribution in [-0.2, 0) is 6.54 Å². The van der Waals surface area contributed by atoms with Gasteiger partial charge in [-0.15, -0.1) is 11.3 Å². The minimum atomic E-state index is -0.0852. The lowest BCUT2D eigenvalue weighted by molar-refractivity contribution is 0.546. The number of nitrogens with one attached hydrogen (secondary N) is 1. The number of nitrogens with two attached hydrogens (primary N) is 1. The van der Waals surface area contributed by atoms with Crippen molar-refractivity contribution in [1.82, 2.24) is 20.2 Å². The van der Waals surface area contributed by atoms with Gasteiger partial charge in [0.15, 0.2) is 0 Å². The molecule has 0 amide bonds. The van der Waals surface area contributed by atoms with E-state index in [9.17, 15) is 0 Å². The summed E-state index contributed by atoms with van der Waals surface area (Å²) in [7, 11) is 0. The van der Waals surface area contributed by atoms with Gasteiger partial charge in [-0.2, -0.15) is 5.10 Å². The Morgan fingerprint density at radius 3 is 2.88 bits per heavy atom. The van der Waals surface area contributed by atoms with Crippen LogP contribution in [0, 0.1) is 6.92 Å². The fraction of sp³-hybridized carbons (Fsp3) is 0.400. The summed E-state index contributed by atoms with van der Waals surface area (Å²) in [6.45, 7) is 4.83. The Balaban J connectivity index is 2.44. The Labute approximate surface area is 112 Å². The number of hydrogen-bond donors (Lipinski definition) is 2. The third-order valence-electron chi connectivity index (χ3n) is 2.50. The fourth-order valence-corrected chi connectivity index (χ4v) is 3.09. The zero-order valence-corrected chi connectivity index (χ0v) is 12.0. The van der Waals surface area contributed by atoms with Gasteiger partial charge >= 0.3 is 0 Å². The van der Waals surface area contributed by atoms with Crippen LogP contribution in [0.5, 0.6) is 0 Å². The molecule has 2 aromatic rings. The van der Waals surface area contributed by atoms with E-state index in [2.05, 4.69) is 38.4 Å². The van der Waals surface area contributed by atoms with Crippen LogP contribution in [0.15, 0.2) is 16.9 Å². The first-order chi connectivity index (χ1) is 8.17. The average molecular weight is 316 g/mol. The van der Waals surface area contributed by atoms with Crippen molar-refractivity contribution in [2.45, 2.75) is 26.4 Å². The number of aryl methyl sites for hydroxylation is 2. The van der Waals surface area contributed by atoms with Gasteiger partial charge in [0.25, 0.3) is 0 Å². The van der Waals surface area contributed by atoms with Gasteiger partial charge in [-0.25, -0.2) is 10.4 Å². The molecular formula is C10H14BrN5S. The molecule has 0 aliphatic heterocycles. The lowest BCUT2D eigenvalue weighted by Gasteiger charge is -2.16. The lowest BCUT2D eigenvalue weighted by Crippen LogP contribution is -2.30. The van der Waals surface area contributed by atoms with Crippen molar-refractivity contribution < 1.29 is 0 Å². The Hall–Kier alpha value is -0.760. The van der Waals surface area contributed by atoms with Crippen LogP contribution in [0.3, 0.4) is 0 Å². The predicted octanol–water partition coefficient (Wildman–Crippen LogP) is 1.98. The molecule has 92 valence electrons. The summed E-state index contributed by atoms with van der Waals surface area (Å²) in [6.07, 6.45) is 3.64. The Bertz CT molecular complexity index is 507. The van der Waals surface area contributed by atoms with Crippen LogP contribution in [-0.4, -0.2) is 14.8 Å². The van der Waals surface area contributed by atoms with Crippen LogP contribution in [0.1, 0.15) is 28.5 Å². The molecule has 0 aliphatic carbocycles. The molecule has 0 fully saturated rings. The van der Waals surface area contributed by atoms with Crippen LogP contribution in [0.25, 0.3) is 0 Å². The highest BCUT2D eigenvalue weighted by molar-refractivity contribution is 9.10. The smallest absolute Gasteiger partial charge is 0.0997 e. The minimum Gasteiger partial charge on any atom is -0.270 e. The van der Waals surface area contributed by atoms with E-state index in [0.717, 1.165) is 26.6 Å². The summed E-state index contributed by atoms with van der Waals surface area (Å²) in [6, 6.07) is -0.0852. The zero-order chi connectivity index (χ0) is 12.4. The van der Waals surface area contributed by atoms with Crippen molar-refractivity contribution in [3.8, 4) is 0 Å². The maximum atomic E-state index is 5.66. The summed E-state index contributed by atoms with van der Waals surface area (Å²) in [5.41, 5.74) is 3.86. The highest BCUT2D eigenvalue weighted by atomic mass is 79.9. The molecule has 2 aromatic heterocycles. The molecule has 1 atom stereocenters. The van der Waals surface area contributed by atoms with E-state index >= 15 is 0 Å². The molecule has 0 radical (unpaired) electrons. The second-order valence-electron chi connectivity index (χ2n) is 3.57. The standard InChI is InChI=1S/C10H14BrN5S/c1-3-16-10(7(11)4-14-16)9(15-12)8-5-13-6(2)17-8/h4-5,9,15H,3,12H2,1-2H3. The number of nitrogens with zero attached hydrogens (tertiary/aromatic N) is 3. The number of rotatable bonds is 4. The second kappa shape index (κ2) is 5.26. The van der Waals surface area contributed by atoms with Crippen molar-refractivity contribution in [3.05, 3.63) is 32.4 Å². The largest absolute Gasteiger partial charge is 0.270 e. The summed E-state index contributed by atoms with van der Waals surface area (Å²) < 4.78 is 2.87. The van der Waals surface area contributed by atoms with E-state index in [1.54, 1.807) is 17.5 Å². The molecule has 17 heavy (non-hydrogen) atoms. The van der Waals surface area contributed by atoms with Gasteiger partial charge in [-0.1, -0.05) is 0 Å². The van der Waals surface area contributed by atoms with E-state index in [1.807, 2.05) is 17.8 Å². The number of hydrazine groups is 1. The van der Waals surface area contributed by atoms with Crippen LogP contribution in [0.2, 0.25) is 0 Å². The molecular weight excluding hydrogens is 302 g/mol. The van der Waals surface area contributed by atoms with Gasteiger partial charge in [0, 0.05) is 17.6 Å². The summed E-state index contributed by atoms with van der Waals surface area (Å²) in [5, 5.41) is 5.32. The van der Waals surface area contributed by atoms with Gasteiger partial charge in [0.05, 0.1) is 27.4 Å². The fourth-order valence-electron chi connectivity index (χ4n) is 1.72. The molecule has 3 N–H and O–H groups in total. The SMILES string of the molecule is CCn1ncc(Br)c1C(NN)c1cnc(C)s1. The normalized spacial score (nSPS) is 12.9. The Morgan fingerprint density at radius 2 is 2.35 bits per heavy atom. The minimum absolute atomic E-state index is 0.0852. The Morgan fingerprint density at radius 1 is 1.59 bits per heavy atom. The van der Waals surface area contributed by atoms with Crippen LogP contribution in [0.4, 0.5) is 0 Å². The number of aromatic nitrogens is 3. The topological polar surface area (TPSA) is 68.8 Å². The molecule has 0 saturated carbocycles. The lowest BCUT2D eigenvalue weighted by atomic mass is 10.2. The van der Waals surface area contributed by atoms with Gasteiger partial charge in [0.1, 0.15) is 0 Å². The maximum Gasteiger partial charge on any atom is 0.0997 e. The van der Waals surface area contributed by atoms with E-state index in [0.29, 0.717) is 0 Å². The number of thiazole rings is 1. The number of hydrogen-bond acceptors (Lipinski definition) is 5. The van der Waals surface area contributed by atoms with Crippen LogP contribution < -0.4 is 11.3 Å². The maximum absolute atomic E-state index is 5.66. The van der Waals surface area contributed by atoms with Crippen molar-refractivity contribution in [3.63, 3.8) is 0 Å². The van der Waals surface area contributed by atoms with E-state index < -0.39 is 0 Å². The molecule has 7 heteroatoms. The molecule has 2 rings (SSSR count). The molecule has 0 bridgehead atoms. The molecule has 2 heterocycles. The first-order valence-corrected chi connectivity index (χ1v) is 6.88. The quantitative estimate of drug-likeness (QED) is 0.668. The van der Waals surface area contributed by atoms with Crippen molar-refractivity contribution in [2.75, 3.05) is 0 Å². The molecule has 0 saturated heterocycles. The summed E-state index contributed by atoms with van der Waals surface area (Å²) in [5.74, 6) is 5.66. The third kappa shape index (κ3) is 2.42. The summed E-state index contributed by atoms with van der Waals surface area (Å²) >= 11 is 5.14. The van der Waals surface area contributed by atoms with Crippen molar-refractivity contribution >= 4 is 27.3 Å². The van der Waals surface area contributed by atoms with E-state index in [-0.39, 0.29) is 6.04 Å². The van der Waals surface area contributed by atoms with E-state index in [1.165, 1.54) is 0 Å². The molecule has 5 nitrogen and oxygen atoms in total. The van der Waals surface area contributed by atoms with Gasteiger partial charge in [-0.05, 0) is 29.8 Å². The first-order valence-electron chi connectivity index (χ1n) is 5.27. The summed E-state index contributed by atoms with van der Waals surface area (Å²) in [4.78, 5) is 5.34. The van der Waals surface area contributed by atoms with Gasteiger partial charge < -0.3 is 0 Å². The van der Waals surface area contributed by atoms with Gasteiger partial charge in [0.2, 0.25) is 0 Å². The average Bonchev–Trinajstić information content (AvgIpc) is 2.89. The van der Waals surface area contributed by atoms with Gasteiger partial charge in [-0.3, -0.25) is 10.5 Å². The van der Waals surface area contributed by atoms with Crippen LogP contribution >= 0.6 is 27.3 Å². The highest BCUT2D eigenvalue weighted by Crippen LogP contribution is 2.30. The molecule has 1 unspecified atom stereocenters. The zero-order valence-electron chi connectivity index (χ0n) is 9.64. The molecule has 0 aliphatic rings.